The lowest BCUT2D eigenvalue weighted by atomic mass is 10.3. The number of hydrogen-bond acceptors (Lipinski definition) is 3. The molecule has 0 spiro atoms. The molecule has 2 aromatic heterocycles. The van der Waals surface area contributed by atoms with Gasteiger partial charge in [0.1, 0.15) is 11.5 Å². The van der Waals surface area contributed by atoms with Gasteiger partial charge in [0.25, 0.3) is 5.56 Å². The Balaban J connectivity index is 3.02. The fourth-order valence-corrected chi connectivity index (χ4v) is 1.31. The van der Waals surface area contributed by atoms with E-state index in [1.54, 1.807) is 6.92 Å². The molecule has 2 aromatic rings. The molecular formula is C9H7FN2O2. The number of aryl methyl sites for hydroxylation is 1. The van der Waals surface area contributed by atoms with Gasteiger partial charge in [-0.15, -0.1) is 0 Å². The van der Waals surface area contributed by atoms with Crippen LogP contribution in [0.4, 0.5) is 4.39 Å². The monoisotopic (exact) mass is 194 g/mol. The van der Waals surface area contributed by atoms with Crippen LogP contribution in [0.2, 0.25) is 0 Å². The number of halogens is 1. The maximum Gasteiger partial charge on any atom is 0.261 e. The third-order valence-corrected chi connectivity index (χ3v) is 1.90. The first-order valence-electron chi connectivity index (χ1n) is 3.96. The van der Waals surface area contributed by atoms with E-state index in [0.29, 0.717) is 5.56 Å². The lowest BCUT2D eigenvalue weighted by Gasteiger charge is -2.03. The van der Waals surface area contributed by atoms with Gasteiger partial charge in [-0.2, -0.15) is 4.98 Å². The second kappa shape index (κ2) is 2.80. The molecule has 0 saturated heterocycles. The summed E-state index contributed by atoms with van der Waals surface area (Å²) in [5.74, 6) is -0.866. The minimum absolute atomic E-state index is 0.261. The Morgan fingerprint density at radius 2 is 2.21 bits per heavy atom. The molecule has 72 valence electrons. The standard InChI is InChI=1S/C9H7FN2O2/c1-5-2-6(10)4-12-8(14)3-7(13)11-9(5)12/h2-4,13H,1H3. The average molecular weight is 194 g/mol. The van der Waals surface area contributed by atoms with Crippen molar-refractivity contribution in [2.45, 2.75) is 6.92 Å². The van der Waals surface area contributed by atoms with Crippen molar-refractivity contribution in [1.29, 1.82) is 0 Å². The molecule has 0 atom stereocenters. The molecule has 0 bridgehead atoms. The molecule has 0 radical (unpaired) electrons. The molecule has 14 heavy (non-hydrogen) atoms. The molecule has 1 N–H and O–H groups in total. The molecule has 0 saturated carbocycles. The van der Waals surface area contributed by atoms with Crippen LogP contribution in [-0.4, -0.2) is 14.5 Å². The SMILES string of the molecule is Cc1cc(F)cn2c(=O)cc(O)nc12. The Morgan fingerprint density at radius 1 is 1.50 bits per heavy atom. The first-order chi connectivity index (χ1) is 6.58. The zero-order chi connectivity index (χ0) is 10.3. The maximum atomic E-state index is 12.9. The summed E-state index contributed by atoms with van der Waals surface area (Å²) in [5, 5.41) is 9.09. The van der Waals surface area contributed by atoms with Crippen LogP contribution < -0.4 is 5.56 Å². The second-order valence-electron chi connectivity index (χ2n) is 2.99. The molecule has 5 heteroatoms. The lowest BCUT2D eigenvalue weighted by Crippen LogP contribution is -2.14. The summed E-state index contributed by atoms with van der Waals surface area (Å²) >= 11 is 0. The molecule has 0 fully saturated rings. The van der Waals surface area contributed by atoms with Crippen molar-refractivity contribution in [3.8, 4) is 5.88 Å². The van der Waals surface area contributed by atoms with Gasteiger partial charge in [0.15, 0.2) is 0 Å². The molecule has 4 nitrogen and oxygen atoms in total. The van der Waals surface area contributed by atoms with Gasteiger partial charge in [-0.05, 0) is 18.6 Å². The summed E-state index contributed by atoms with van der Waals surface area (Å²) in [5.41, 5.74) is 0.254. The van der Waals surface area contributed by atoms with Gasteiger partial charge in [0, 0.05) is 6.20 Å². The van der Waals surface area contributed by atoms with Gasteiger partial charge in [-0.25, -0.2) is 4.39 Å². The average Bonchev–Trinajstić information content (AvgIpc) is 2.07. The van der Waals surface area contributed by atoms with E-state index < -0.39 is 11.4 Å². The fraction of sp³-hybridized carbons (Fsp3) is 0.111. The molecular weight excluding hydrogens is 187 g/mol. The van der Waals surface area contributed by atoms with Crippen molar-refractivity contribution in [2.24, 2.45) is 0 Å². The zero-order valence-electron chi connectivity index (χ0n) is 7.36. The maximum absolute atomic E-state index is 12.9. The number of aromatic nitrogens is 2. The minimum Gasteiger partial charge on any atom is -0.493 e. The van der Waals surface area contributed by atoms with E-state index in [2.05, 4.69) is 4.98 Å². The van der Waals surface area contributed by atoms with Crippen molar-refractivity contribution in [2.75, 3.05) is 0 Å². The van der Waals surface area contributed by atoms with Gasteiger partial charge in [-0.1, -0.05) is 0 Å². The summed E-state index contributed by atoms with van der Waals surface area (Å²) < 4.78 is 14.0. The van der Waals surface area contributed by atoms with Crippen molar-refractivity contribution in [3.05, 3.63) is 40.1 Å². The highest BCUT2D eigenvalue weighted by molar-refractivity contribution is 5.47. The molecule has 0 aliphatic rings. The highest BCUT2D eigenvalue weighted by Gasteiger charge is 2.05. The van der Waals surface area contributed by atoms with Crippen LogP contribution in [0.3, 0.4) is 0 Å². The Labute approximate surface area is 78.3 Å². The van der Waals surface area contributed by atoms with Crippen molar-refractivity contribution < 1.29 is 9.50 Å². The Bertz CT molecular complexity index is 562. The summed E-state index contributed by atoms with van der Waals surface area (Å²) in [6.07, 6.45) is 1.04. The van der Waals surface area contributed by atoms with Gasteiger partial charge in [0.2, 0.25) is 5.88 Å². The van der Waals surface area contributed by atoms with Gasteiger partial charge in [-0.3, -0.25) is 9.20 Å². The van der Waals surface area contributed by atoms with E-state index in [0.717, 1.165) is 16.7 Å². The zero-order valence-corrected chi connectivity index (χ0v) is 7.36. The second-order valence-corrected chi connectivity index (χ2v) is 2.99. The van der Waals surface area contributed by atoms with E-state index in [1.807, 2.05) is 0 Å². The molecule has 0 unspecified atom stereocenters. The largest absolute Gasteiger partial charge is 0.493 e. The van der Waals surface area contributed by atoms with E-state index in [-0.39, 0.29) is 11.5 Å². The third-order valence-electron chi connectivity index (χ3n) is 1.90. The predicted molar refractivity (Wildman–Crippen MR) is 47.8 cm³/mol. The highest BCUT2D eigenvalue weighted by Crippen LogP contribution is 2.10. The van der Waals surface area contributed by atoms with Crippen LogP contribution in [0.5, 0.6) is 5.88 Å². The number of hydrogen-bond donors (Lipinski definition) is 1. The van der Waals surface area contributed by atoms with Gasteiger partial charge < -0.3 is 5.11 Å². The molecule has 2 rings (SSSR count). The van der Waals surface area contributed by atoms with Crippen LogP contribution in [0.15, 0.2) is 23.1 Å². The summed E-state index contributed by atoms with van der Waals surface area (Å²) in [6, 6.07) is 2.19. The first kappa shape index (κ1) is 8.68. The van der Waals surface area contributed by atoms with Crippen LogP contribution in [0.1, 0.15) is 5.56 Å². The topological polar surface area (TPSA) is 54.6 Å². The van der Waals surface area contributed by atoms with Crippen LogP contribution in [-0.2, 0) is 0 Å². The highest BCUT2D eigenvalue weighted by atomic mass is 19.1. The normalized spacial score (nSPS) is 10.7. The number of pyridine rings is 1. The van der Waals surface area contributed by atoms with E-state index in [9.17, 15) is 9.18 Å². The first-order valence-corrected chi connectivity index (χ1v) is 3.96. The molecule has 0 aliphatic heterocycles. The Kier molecular flexibility index (Phi) is 1.73. The van der Waals surface area contributed by atoms with E-state index >= 15 is 0 Å². The van der Waals surface area contributed by atoms with Crippen molar-refractivity contribution in [1.82, 2.24) is 9.38 Å². The number of fused-ring (bicyclic) bond motifs is 1. The van der Waals surface area contributed by atoms with E-state index in [1.165, 1.54) is 6.07 Å². The third kappa shape index (κ3) is 1.22. The molecule has 0 aliphatic carbocycles. The van der Waals surface area contributed by atoms with Crippen LogP contribution in [0, 0.1) is 12.7 Å². The molecule has 0 aromatic carbocycles. The Morgan fingerprint density at radius 3 is 2.93 bits per heavy atom. The van der Waals surface area contributed by atoms with Crippen LogP contribution >= 0.6 is 0 Å². The Hall–Kier alpha value is -1.91. The minimum atomic E-state index is -0.510. The van der Waals surface area contributed by atoms with Crippen molar-refractivity contribution >= 4 is 5.65 Å². The van der Waals surface area contributed by atoms with Crippen LogP contribution in [0.25, 0.3) is 5.65 Å². The summed E-state index contributed by atoms with van der Waals surface area (Å²) in [6.45, 7) is 1.62. The van der Waals surface area contributed by atoms with Gasteiger partial charge in [0.05, 0.1) is 6.07 Å². The van der Waals surface area contributed by atoms with Crippen molar-refractivity contribution in [3.63, 3.8) is 0 Å². The van der Waals surface area contributed by atoms with E-state index in [4.69, 9.17) is 5.11 Å². The fourth-order valence-electron chi connectivity index (χ4n) is 1.31. The quantitative estimate of drug-likeness (QED) is 0.676. The predicted octanol–water partition coefficient (Wildman–Crippen LogP) is 0.848. The summed E-state index contributed by atoms with van der Waals surface area (Å²) in [7, 11) is 0. The number of rotatable bonds is 0. The molecule has 0 amide bonds. The summed E-state index contributed by atoms with van der Waals surface area (Å²) in [4.78, 5) is 15.0. The molecule has 2 heterocycles. The smallest absolute Gasteiger partial charge is 0.261 e. The number of aromatic hydroxyl groups is 1. The lowest BCUT2D eigenvalue weighted by molar-refractivity contribution is 0.452. The number of nitrogens with zero attached hydrogens (tertiary/aromatic N) is 2. The van der Waals surface area contributed by atoms with Gasteiger partial charge >= 0.3 is 0 Å².